The molecule has 0 N–H and O–H groups in total. The van der Waals surface area contributed by atoms with Crippen LogP contribution in [-0.2, 0) is 9.59 Å². The first-order chi connectivity index (χ1) is 16.0. The van der Waals surface area contributed by atoms with Crippen molar-refractivity contribution < 1.29 is 23.3 Å². The molecule has 0 spiro atoms. The summed E-state index contributed by atoms with van der Waals surface area (Å²) < 4.78 is 18.3. The minimum atomic E-state index is -1.10. The van der Waals surface area contributed by atoms with E-state index in [1.54, 1.807) is 18.2 Å². The van der Waals surface area contributed by atoms with E-state index in [0.29, 0.717) is 11.4 Å². The van der Waals surface area contributed by atoms with Crippen LogP contribution in [0.5, 0.6) is 0 Å². The molecule has 2 unspecified atom stereocenters. The van der Waals surface area contributed by atoms with E-state index >= 15 is 0 Å². The van der Waals surface area contributed by atoms with Crippen LogP contribution in [-0.4, -0.2) is 28.7 Å². The van der Waals surface area contributed by atoms with Gasteiger partial charge in [0.15, 0.2) is 5.78 Å². The Morgan fingerprint density at radius 3 is 2.27 bits per heavy atom. The number of rotatable bonds is 5. The molecule has 2 heterocycles. The van der Waals surface area contributed by atoms with Crippen LogP contribution in [0.25, 0.3) is 11.3 Å². The molecule has 1 saturated carbocycles. The minimum absolute atomic E-state index is 0.0405. The first-order valence-electron chi connectivity index (χ1n) is 11.2. The zero-order chi connectivity index (χ0) is 22.9. The molecule has 6 nitrogen and oxygen atoms in total. The average Bonchev–Trinajstić information content (AvgIpc) is 3.47. The highest BCUT2D eigenvalue weighted by atomic mass is 19.1. The predicted octanol–water partition coefficient (Wildman–Crippen LogP) is 4.84. The Morgan fingerprint density at radius 2 is 1.64 bits per heavy atom. The quantitative estimate of drug-likeness (QED) is 0.318. The minimum Gasteiger partial charge on any atom is -0.364 e. The highest BCUT2D eigenvalue weighted by Gasteiger charge is 2.54. The zero-order valence-electron chi connectivity index (χ0n) is 17.9. The molecule has 2 aliphatic rings. The largest absolute Gasteiger partial charge is 0.364 e. The Labute approximate surface area is 190 Å². The molecule has 1 aliphatic carbocycles. The fraction of sp³-hybridized carbons (Fsp3) is 0.308. The maximum Gasteiger partial charge on any atom is 0.295 e. The van der Waals surface area contributed by atoms with Crippen LogP contribution < -0.4 is 4.90 Å². The molecule has 1 saturated heterocycles. The van der Waals surface area contributed by atoms with Gasteiger partial charge in [0, 0.05) is 22.9 Å². The lowest BCUT2D eigenvalue weighted by molar-refractivity contribution is -0.135. The molecule has 7 heteroatoms. The molecule has 5 rings (SSSR count). The number of hydrogen-bond donors (Lipinski definition) is 0. The van der Waals surface area contributed by atoms with Crippen LogP contribution in [0.3, 0.4) is 0 Å². The van der Waals surface area contributed by atoms with Crippen molar-refractivity contribution in [1.82, 2.24) is 5.16 Å². The van der Waals surface area contributed by atoms with Crippen molar-refractivity contribution in [2.45, 2.75) is 38.1 Å². The van der Waals surface area contributed by atoms with E-state index in [9.17, 15) is 18.8 Å². The maximum atomic E-state index is 13.4. The van der Waals surface area contributed by atoms with Gasteiger partial charge in [0.1, 0.15) is 23.7 Å². The number of amides is 1. The number of hydrogen-bond acceptors (Lipinski definition) is 5. The lowest BCUT2D eigenvalue weighted by atomic mass is 9.76. The number of Topliss-reactive ketones (excluding diaryl/α,β-unsaturated/α-hetero) is 2. The van der Waals surface area contributed by atoms with E-state index in [1.807, 2.05) is 12.1 Å². The van der Waals surface area contributed by atoms with Crippen LogP contribution in [0.1, 0.15) is 42.5 Å². The maximum absolute atomic E-state index is 13.4. The number of carbonyl (C=O) groups is 3. The van der Waals surface area contributed by atoms with Crippen molar-refractivity contribution in [1.29, 1.82) is 0 Å². The number of nitrogens with zero attached hydrogens (tertiary/aromatic N) is 2. The van der Waals surface area contributed by atoms with Gasteiger partial charge in [0.25, 0.3) is 5.91 Å². The van der Waals surface area contributed by atoms with Crippen LogP contribution in [0.15, 0.2) is 65.4 Å². The van der Waals surface area contributed by atoms with Crippen LogP contribution in [0.4, 0.5) is 10.1 Å². The summed E-state index contributed by atoms with van der Waals surface area (Å²) in [6.07, 6.45) is 6.29. The lowest BCUT2D eigenvalue weighted by Crippen LogP contribution is -2.43. The van der Waals surface area contributed by atoms with Crippen LogP contribution >= 0.6 is 0 Å². The van der Waals surface area contributed by atoms with Crippen LogP contribution in [0, 0.1) is 17.7 Å². The molecule has 0 radical (unpaired) electrons. The molecule has 2 atom stereocenters. The third kappa shape index (κ3) is 3.88. The van der Waals surface area contributed by atoms with E-state index in [0.717, 1.165) is 37.7 Å². The molecule has 168 valence electrons. The van der Waals surface area contributed by atoms with Gasteiger partial charge in [0.2, 0.25) is 5.78 Å². The number of ketones is 2. The molecule has 1 amide bonds. The second kappa shape index (κ2) is 8.73. The average molecular weight is 446 g/mol. The topological polar surface area (TPSA) is 80.5 Å². The van der Waals surface area contributed by atoms with Gasteiger partial charge in [0.05, 0.1) is 6.04 Å². The second-order valence-corrected chi connectivity index (χ2v) is 8.71. The first-order valence-corrected chi connectivity index (χ1v) is 11.2. The zero-order valence-corrected chi connectivity index (χ0v) is 17.9. The Morgan fingerprint density at radius 1 is 0.939 bits per heavy atom. The highest BCUT2D eigenvalue weighted by molar-refractivity contribution is 6.49. The standard InChI is InChI=1S/C26H23FN2O4/c27-19-10-6-18(7-11-19)24(30)22-23(17-4-2-1-3-5-17)29(26(32)25(22)31)20-12-8-16(9-13-20)21-14-15-33-28-21/h6-15,17,22-23H,1-5H2. The molecular formula is C26H23FN2O4. The number of benzene rings is 2. The fourth-order valence-corrected chi connectivity index (χ4v) is 5.16. The molecule has 0 bridgehead atoms. The summed E-state index contributed by atoms with van der Waals surface area (Å²) in [4.78, 5) is 41.3. The Balaban J connectivity index is 1.53. The van der Waals surface area contributed by atoms with Gasteiger partial charge in [-0.25, -0.2) is 4.39 Å². The molecule has 1 aliphatic heterocycles. The van der Waals surface area contributed by atoms with Crippen LogP contribution in [0.2, 0.25) is 0 Å². The third-order valence-electron chi connectivity index (χ3n) is 6.77. The van der Waals surface area contributed by atoms with E-state index < -0.39 is 35.3 Å². The van der Waals surface area contributed by atoms with Gasteiger partial charge < -0.3 is 9.42 Å². The van der Waals surface area contributed by atoms with Gasteiger partial charge in [-0.05, 0) is 55.2 Å². The Kier molecular flexibility index (Phi) is 5.62. The first kappa shape index (κ1) is 21.2. The summed E-state index contributed by atoms with van der Waals surface area (Å²) in [5.41, 5.74) is 2.30. The number of anilines is 1. The third-order valence-corrected chi connectivity index (χ3v) is 6.77. The summed E-state index contributed by atoms with van der Waals surface area (Å²) in [5.74, 6) is -3.30. The van der Waals surface area contributed by atoms with Gasteiger partial charge >= 0.3 is 0 Å². The van der Waals surface area contributed by atoms with E-state index in [1.165, 1.54) is 35.4 Å². The highest BCUT2D eigenvalue weighted by Crippen LogP contribution is 2.41. The van der Waals surface area contributed by atoms with Gasteiger partial charge in [-0.2, -0.15) is 0 Å². The molecule has 33 heavy (non-hydrogen) atoms. The second-order valence-electron chi connectivity index (χ2n) is 8.71. The smallest absolute Gasteiger partial charge is 0.295 e. The van der Waals surface area contributed by atoms with E-state index in [4.69, 9.17) is 4.52 Å². The monoisotopic (exact) mass is 446 g/mol. The van der Waals surface area contributed by atoms with Gasteiger partial charge in [-0.3, -0.25) is 14.4 Å². The number of carbonyl (C=O) groups excluding carboxylic acids is 3. The summed E-state index contributed by atoms with van der Waals surface area (Å²) in [6.45, 7) is 0. The Hall–Kier alpha value is -3.61. The van der Waals surface area contributed by atoms with E-state index in [2.05, 4.69) is 5.16 Å². The fourth-order valence-electron chi connectivity index (χ4n) is 5.16. The van der Waals surface area contributed by atoms with Crippen molar-refractivity contribution >= 4 is 23.2 Å². The SMILES string of the molecule is O=C1C(=O)N(c2ccc(-c3ccon3)cc2)C(C2CCCCC2)C1C(=O)c1ccc(F)cc1. The molecule has 1 aromatic heterocycles. The molecular weight excluding hydrogens is 423 g/mol. The molecule has 2 fully saturated rings. The summed E-state index contributed by atoms with van der Waals surface area (Å²) in [6, 6.07) is 13.5. The summed E-state index contributed by atoms with van der Waals surface area (Å²) in [5, 5.41) is 3.92. The summed E-state index contributed by atoms with van der Waals surface area (Å²) >= 11 is 0. The van der Waals surface area contributed by atoms with Gasteiger partial charge in [-0.15, -0.1) is 0 Å². The number of aromatic nitrogens is 1. The van der Waals surface area contributed by atoms with Crippen molar-refractivity contribution in [3.8, 4) is 11.3 Å². The predicted molar refractivity (Wildman–Crippen MR) is 119 cm³/mol. The van der Waals surface area contributed by atoms with Crippen molar-refractivity contribution in [2.24, 2.45) is 11.8 Å². The van der Waals surface area contributed by atoms with Gasteiger partial charge in [-0.1, -0.05) is 36.6 Å². The number of halogens is 1. The van der Waals surface area contributed by atoms with Crippen molar-refractivity contribution in [3.05, 3.63) is 72.2 Å². The van der Waals surface area contributed by atoms with Crippen molar-refractivity contribution in [3.63, 3.8) is 0 Å². The lowest BCUT2D eigenvalue weighted by Gasteiger charge is -2.35. The Bertz CT molecular complexity index is 1170. The van der Waals surface area contributed by atoms with E-state index in [-0.39, 0.29) is 11.5 Å². The van der Waals surface area contributed by atoms with Crippen molar-refractivity contribution in [2.75, 3.05) is 4.90 Å². The molecule has 2 aromatic carbocycles. The summed E-state index contributed by atoms with van der Waals surface area (Å²) in [7, 11) is 0. The molecule has 3 aromatic rings. The normalized spacial score (nSPS) is 21.5.